The lowest BCUT2D eigenvalue weighted by Gasteiger charge is -2.23. The fourth-order valence-electron chi connectivity index (χ4n) is 2.93. The van der Waals surface area contributed by atoms with Crippen molar-refractivity contribution in [2.75, 3.05) is 40.2 Å². The van der Waals surface area contributed by atoms with Crippen LogP contribution in [0.2, 0.25) is 0 Å². The lowest BCUT2D eigenvalue weighted by atomic mass is 10.1. The van der Waals surface area contributed by atoms with E-state index in [1.807, 2.05) is 0 Å². The van der Waals surface area contributed by atoms with Crippen LogP contribution in [0.25, 0.3) is 0 Å². The van der Waals surface area contributed by atoms with Gasteiger partial charge in [0.2, 0.25) is 0 Å². The minimum atomic E-state index is -3.73. The van der Waals surface area contributed by atoms with Crippen LogP contribution < -0.4 is 13.7 Å². The number of rotatable bonds is 13. The van der Waals surface area contributed by atoms with Gasteiger partial charge in [0, 0.05) is 25.8 Å². The zero-order valence-electron chi connectivity index (χ0n) is 19.0. The standard InChI is InChI=1S/C23H31NO7S/c1-5-6-14-30-20-10-8-19(9-11-20)23(25)24(13-15-28-2)17-18-7-12-21(29-3)22(16-18)31-32(4,26)27/h7-12,16H,5-6,13-15,17H2,1-4H3. The van der Waals surface area contributed by atoms with Crippen molar-refractivity contribution >= 4 is 16.0 Å². The number of carbonyl (C=O) groups is 1. The molecule has 0 aliphatic rings. The van der Waals surface area contributed by atoms with Gasteiger partial charge in [-0.05, 0) is 48.4 Å². The molecule has 0 aliphatic heterocycles. The van der Waals surface area contributed by atoms with Gasteiger partial charge >= 0.3 is 10.1 Å². The Balaban J connectivity index is 2.20. The van der Waals surface area contributed by atoms with Crippen molar-refractivity contribution in [1.82, 2.24) is 4.90 Å². The summed E-state index contributed by atoms with van der Waals surface area (Å²) in [6, 6.07) is 11.9. The van der Waals surface area contributed by atoms with Gasteiger partial charge in [-0.2, -0.15) is 8.42 Å². The molecule has 0 atom stereocenters. The van der Waals surface area contributed by atoms with Gasteiger partial charge in [-0.3, -0.25) is 4.79 Å². The summed E-state index contributed by atoms with van der Waals surface area (Å²) in [5.41, 5.74) is 1.21. The summed E-state index contributed by atoms with van der Waals surface area (Å²) in [6.07, 6.45) is 2.98. The summed E-state index contributed by atoms with van der Waals surface area (Å²) in [5.74, 6) is 0.896. The van der Waals surface area contributed by atoms with Crippen LogP contribution in [0.3, 0.4) is 0 Å². The van der Waals surface area contributed by atoms with Crippen LogP contribution in [0, 0.1) is 0 Å². The Morgan fingerprint density at radius 1 is 1.00 bits per heavy atom. The second-order valence-corrected chi connectivity index (χ2v) is 8.79. The molecule has 2 aromatic rings. The Hall–Kier alpha value is -2.78. The van der Waals surface area contributed by atoms with E-state index >= 15 is 0 Å². The van der Waals surface area contributed by atoms with E-state index in [4.69, 9.17) is 18.4 Å². The largest absolute Gasteiger partial charge is 0.494 e. The molecule has 176 valence electrons. The minimum Gasteiger partial charge on any atom is -0.494 e. The highest BCUT2D eigenvalue weighted by atomic mass is 32.2. The number of hydrogen-bond acceptors (Lipinski definition) is 7. The number of nitrogens with zero attached hydrogens (tertiary/aromatic N) is 1. The van der Waals surface area contributed by atoms with Gasteiger partial charge in [-0.25, -0.2) is 0 Å². The molecule has 0 spiro atoms. The Labute approximate surface area is 190 Å². The van der Waals surface area contributed by atoms with E-state index in [2.05, 4.69) is 6.92 Å². The van der Waals surface area contributed by atoms with Crippen molar-refractivity contribution in [2.24, 2.45) is 0 Å². The number of carbonyl (C=O) groups excluding carboxylic acids is 1. The third-order valence-corrected chi connectivity index (χ3v) is 5.05. The molecule has 0 aliphatic carbocycles. The highest BCUT2D eigenvalue weighted by molar-refractivity contribution is 7.86. The Bertz CT molecular complexity index is 974. The summed E-state index contributed by atoms with van der Waals surface area (Å²) in [6.45, 7) is 3.68. The summed E-state index contributed by atoms with van der Waals surface area (Å²) in [7, 11) is -0.743. The van der Waals surface area contributed by atoms with Crippen molar-refractivity contribution in [2.45, 2.75) is 26.3 Å². The molecule has 2 rings (SSSR count). The zero-order valence-corrected chi connectivity index (χ0v) is 19.8. The van der Waals surface area contributed by atoms with Crippen LogP contribution in [0.4, 0.5) is 0 Å². The zero-order chi connectivity index (χ0) is 23.6. The van der Waals surface area contributed by atoms with Crippen molar-refractivity contribution in [3.63, 3.8) is 0 Å². The molecule has 0 bridgehead atoms. The third kappa shape index (κ3) is 8.05. The summed E-state index contributed by atoms with van der Waals surface area (Å²) in [4.78, 5) is 14.8. The van der Waals surface area contributed by atoms with Crippen LogP contribution in [0.5, 0.6) is 17.2 Å². The van der Waals surface area contributed by atoms with Gasteiger partial charge in [-0.1, -0.05) is 19.4 Å². The summed E-state index contributed by atoms with van der Waals surface area (Å²) >= 11 is 0. The van der Waals surface area contributed by atoms with Crippen LogP contribution >= 0.6 is 0 Å². The highest BCUT2D eigenvalue weighted by Gasteiger charge is 2.18. The van der Waals surface area contributed by atoms with Crippen molar-refractivity contribution in [1.29, 1.82) is 0 Å². The first-order valence-electron chi connectivity index (χ1n) is 10.3. The van der Waals surface area contributed by atoms with Gasteiger partial charge in [-0.15, -0.1) is 0 Å². The number of benzene rings is 2. The van der Waals surface area contributed by atoms with Crippen molar-refractivity contribution in [3.05, 3.63) is 53.6 Å². The van der Waals surface area contributed by atoms with Gasteiger partial charge in [0.25, 0.3) is 5.91 Å². The van der Waals surface area contributed by atoms with Crippen LogP contribution in [0.1, 0.15) is 35.7 Å². The Morgan fingerprint density at radius 2 is 1.72 bits per heavy atom. The van der Waals surface area contributed by atoms with E-state index in [-0.39, 0.29) is 24.0 Å². The van der Waals surface area contributed by atoms with E-state index in [9.17, 15) is 13.2 Å². The van der Waals surface area contributed by atoms with Crippen molar-refractivity contribution < 1.29 is 31.6 Å². The lowest BCUT2D eigenvalue weighted by molar-refractivity contribution is 0.0680. The average Bonchev–Trinajstić information content (AvgIpc) is 2.76. The molecule has 9 heteroatoms. The minimum absolute atomic E-state index is 0.0696. The van der Waals surface area contributed by atoms with Crippen molar-refractivity contribution in [3.8, 4) is 17.2 Å². The van der Waals surface area contributed by atoms with Crippen LogP contribution in [-0.2, 0) is 21.4 Å². The Kier molecular flexibility index (Phi) is 9.80. The second-order valence-electron chi connectivity index (χ2n) is 7.22. The van der Waals surface area contributed by atoms with Crippen LogP contribution in [0.15, 0.2) is 42.5 Å². The molecule has 2 aromatic carbocycles. The first-order chi connectivity index (χ1) is 15.3. The molecule has 8 nitrogen and oxygen atoms in total. The topological polar surface area (TPSA) is 91.4 Å². The van der Waals surface area contributed by atoms with E-state index in [1.54, 1.807) is 54.5 Å². The lowest BCUT2D eigenvalue weighted by Crippen LogP contribution is -2.33. The smallest absolute Gasteiger partial charge is 0.306 e. The Morgan fingerprint density at radius 3 is 2.31 bits per heavy atom. The predicted molar refractivity (Wildman–Crippen MR) is 122 cm³/mol. The molecular formula is C23H31NO7S. The number of unbranched alkanes of at least 4 members (excludes halogenated alkanes) is 1. The number of ether oxygens (including phenoxy) is 3. The molecule has 0 aromatic heterocycles. The molecule has 0 saturated heterocycles. The molecule has 0 fully saturated rings. The SMILES string of the molecule is CCCCOc1ccc(C(=O)N(CCOC)Cc2ccc(OC)c(OS(C)(=O)=O)c2)cc1. The van der Waals surface area contributed by atoms with Gasteiger partial charge in [0.05, 0.1) is 26.6 Å². The average molecular weight is 466 g/mol. The fourth-order valence-corrected chi connectivity index (χ4v) is 3.39. The number of methoxy groups -OCH3 is 2. The molecule has 32 heavy (non-hydrogen) atoms. The monoisotopic (exact) mass is 465 g/mol. The van der Waals surface area contributed by atoms with E-state index in [0.29, 0.717) is 30.9 Å². The molecule has 1 amide bonds. The molecule has 0 unspecified atom stereocenters. The maximum Gasteiger partial charge on any atom is 0.306 e. The summed E-state index contributed by atoms with van der Waals surface area (Å²) in [5, 5.41) is 0. The number of amides is 1. The summed E-state index contributed by atoms with van der Waals surface area (Å²) < 4.78 is 44.2. The predicted octanol–water partition coefficient (Wildman–Crippen LogP) is 3.50. The van der Waals surface area contributed by atoms with E-state index in [1.165, 1.54) is 7.11 Å². The maximum atomic E-state index is 13.1. The van der Waals surface area contributed by atoms with Gasteiger partial charge < -0.3 is 23.3 Å². The first-order valence-corrected chi connectivity index (χ1v) is 12.2. The molecule has 0 saturated carbocycles. The molecule has 0 heterocycles. The number of hydrogen-bond donors (Lipinski definition) is 0. The first kappa shape index (κ1) is 25.5. The normalized spacial score (nSPS) is 11.1. The molecule has 0 N–H and O–H groups in total. The quantitative estimate of drug-likeness (QED) is 0.330. The van der Waals surface area contributed by atoms with E-state index < -0.39 is 10.1 Å². The van der Waals surface area contributed by atoms with Crippen LogP contribution in [-0.4, -0.2) is 59.5 Å². The van der Waals surface area contributed by atoms with Gasteiger partial charge in [0.15, 0.2) is 11.5 Å². The fraction of sp³-hybridized carbons (Fsp3) is 0.435. The van der Waals surface area contributed by atoms with Gasteiger partial charge in [0.1, 0.15) is 5.75 Å². The maximum absolute atomic E-state index is 13.1. The second kappa shape index (κ2) is 12.3. The highest BCUT2D eigenvalue weighted by Crippen LogP contribution is 2.30. The molecule has 0 radical (unpaired) electrons. The van der Waals surface area contributed by atoms with E-state index in [0.717, 1.165) is 24.8 Å². The molecular weight excluding hydrogens is 434 g/mol. The third-order valence-electron chi connectivity index (χ3n) is 4.56.